The van der Waals surface area contributed by atoms with Gasteiger partial charge in [-0.25, -0.2) is 10.1 Å². The second-order valence-corrected chi connectivity index (χ2v) is 2.49. The molecule has 11 heavy (non-hydrogen) atoms. The van der Waals surface area contributed by atoms with E-state index in [0.717, 1.165) is 5.17 Å². The predicted octanol–water partition coefficient (Wildman–Crippen LogP) is 1.73. The van der Waals surface area contributed by atoms with Crippen molar-refractivity contribution in [3.05, 3.63) is 12.8 Å². The third kappa shape index (κ3) is 4.06. The normalized spacial score (nSPS) is 11.4. The minimum atomic E-state index is 0.646. The Hall–Kier alpha value is -0.480. The van der Waals surface area contributed by atoms with E-state index in [1.807, 2.05) is 20.2 Å². The SMILES string of the molecule is C=C/N=C(/SC)N(C)OCC. The zero-order valence-corrected chi connectivity index (χ0v) is 8.02. The number of hydrogen-bond donors (Lipinski definition) is 0. The molecule has 0 aliphatic heterocycles. The van der Waals surface area contributed by atoms with Gasteiger partial charge in [-0.3, -0.25) is 4.84 Å². The molecule has 0 saturated carbocycles. The topological polar surface area (TPSA) is 24.8 Å². The van der Waals surface area contributed by atoms with Crippen molar-refractivity contribution in [2.24, 2.45) is 4.99 Å². The van der Waals surface area contributed by atoms with E-state index in [2.05, 4.69) is 11.6 Å². The van der Waals surface area contributed by atoms with Crippen molar-refractivity contribution in [3.63, 3.8) is 0 Å². The lowest BCUT2D eigenvalue weighted by Crippen LogP contribution is -2.23. The van der Waals surface area contributed by atoms with Crippen LogP contribution in [-0.2, 0) is 4.84 Å². The molecule has 0 N–H and O–H groups in total. The quantitative estimate of drug-likeness (QED) is 0.370. The van der Waals surface area contributed by atoms with Crippen molar-refractivity contribution in [1.82, 2.24) is 5.06 Å². The number of hydrogen-bond acceptors (Lipinski definition) is 3. The van der Waals surface area contributed by atoms with E-state index in [9.17, 15) is 0 Å². The van der Waals surface area contributed by atoms with Crippen LogP contribution in [-0.4, -0.2) is 30.1 Å². The minimum absolute atomic E-state index is 0.646. The molecule has 64 valence electrons. The van der Waals surface area contributed by atoms with Crippen molar-refractivity contribution < 1.29 is 4.84 Å². The van der Waals surface area contributed by atoms with Gasteiger partial charge in [0.15, 0.2) is 5.17 Å². The third-order valence-electron chi connectivity index (χ3n) is 0.976. The summed E-state index contributed by atoms with van der Waals surface area (Å²) in [5.74, 6) is 0. The van der Waals surface area contributed by atoms with Crippen LogP contribution >= 0.6 is 11.8 Å². The maximum atomic E-state index is 5.18. The van der Waals surface area contributed by atoms with Crippen LogP contribution in [0.5, 0.6) is 0 Å². The fourth-order valence-electron chi connectivity index (χ4n) is 0.590. The molecule has 0 aliphatic rings. The molecule has 0 saturated heterocycles. The summed E-state index contributed by atoms with van der Waals surface area (Å²) >= 11 is 1.52. The summed E-state index contributed by atoms with van der Waals surface area (Å²) in [5, 5.41) is 2.44. The Bertz CT molecular complexity index is 147. The van der Waals surface area contributed by atoms with Crippen LogP contribution in [0, 0.1) is 0 Å². The lowest BCUT2D eigenvalue weighted by atomic mass is 10.9. The molecular formula is C7H14N2OS. The van der Waals surface area contributed by atoms with Gasteiger partial charge in [0.05, 0.1) is 6.61 Å². The molecule has 0 aromatic heterocycles. The smallest absolute Gasteiger partial charge is 0.187 e. The van der Waals surface area contributed by atoms with E-state index in [-0.39, 0.29) is 0 Å². The fourth-order valence-corrected chi connectivity index (χ4v) is 1.08. The Morgan fingerprint density at radius 1 is 1.82 bits per heavy atom. The number of thioether (sulfide) groups is 1. The highest BCUT2D eigenvalue weighted by molar-refractivity contribution is 8.13. The summed E-state index contributed by atoms with van der Waals surface area (Å²) in [7, 11) is 1.82. The Balaban J connectivity index is 4.01. The number of aliphatic imine (C=N–C) groups is 1. The van der Waals surface area contributed by atoms with Gasteiger partial charge in [0.1, 0.15) is 0 Å². The second-order valence-electron chi connectivity index (χ2n) is 1.71. The number of rotatable bonds is 3. The van der Waals surface area contributed by atoms with Crippen LogP contribution in [0.1, 0.15) is 6.92 Å². The fraction of sp³-hybridized carbons (Fsp3) is 0.571. The maximum Gasteiger partial charge on any atom is 0.187 e. The van der Waals surface area contributed by atoms with E-state index in [1.165, 1.54) is 18.0 Å². The van der Waals surface area contributed by atoms with Crippen molar-refractivity contribution in [2.45, 2.75) is 6.92 Å². The largest absolute Gasteiger partial charge is 0.272 e. The van der Waals surface area contributed by atoms with Crippen molar-refractivity contribution in [3.8, 4) is 0 Å². The Morgan fingerprint density at radius 3 is 2.82 bits per heavy atom. The van der Waals surface area contributed by atoms with Crippen molar-refractivity contribution in [2.75, 3.05) is 19.9 Å². The van der Waals surface area contributed by atoms with Gasteiger partial charge in [-0.05, 0) is 13.2 Å². The van der Waals surface area contributed by atoms with Gasteiger partial charge in [0.25, 0.3) is 0 Å². The first-order valence-electron chi connectivity index (χ1n) is 3.35. The zero-order valence-electron chi connectivity index (χ0n) is 7.20. The van der Waals surface area contributed by atoms with Crippen molar-refractivity contribution in [1.29, 1.82) is 0 Å². The summed E-state index contributed by atoms with van der Waals surface area (Å²) in [6.45, 7) is 6.09. The highest BCUT2D eigenvalue weighted by Gasteiger charge is 2.02. The van der Waals surface area contributed by atoms with Crippen LogP contribution < -0.4 is 0 Å². The summed E-state index contributed by atoms with van der Waals surface area (Å²) in [4.78, 5) is 9.19. The highest BCUT2D eigenvalue weighted by atomic mass is 32.2. The average Bonchev–Trinajstić information content (AvgIpc) is 2.00. The van der Waals surface area contributed by atoms with Crippen LogP contribution in [0.15, 0.2) is 17.8 Å². The molecule has 0 radical (unpaired) electrons. The lowest BCUT2D eigenvalue weighted by molar-refractivity contribution is -0.0696. The summed E-state index contributed by atoms with van der Waals surface area (Å²) in [6, 6.07) is 0. The maximum absolute atomic E-state index is 5.18. The first-order valence-corrected chi connectivity index (χ1v) is 4.58. The van der Waals surface area contributed by atoms with E-state index >= 15 is 0 Å². The number of amidine groups is 1. The molecule has 0 atom stereocenters. The zero-order chi connectivity index (χ0) is 8.69. The standard InChI is InChI=1S/C7H14N2OS/c1-5-8-7(11-4)9(3)10-6-2/h5H,1,6H2,2-4H3/b8-7+. The predicted molar refractivity (Wildman–Crippen MR) is 50.5 cm³/mol. The molecule has 0 aromatic rings. The van der Waals surface area contributed by atoms with Crippen LogP contribution in [0.25, 0.3) is 0 Å². The van der Waals surface area contributed by atoms with Crippen LogP contribution in [0.2, 0.25) is 0 Å². The number of nitrogens with zero attached hydrogens (tertiary/aromatic N) is 2. The lowest BCUT2D eigenvalue weighted by Gasteiger charge is -2.16. The van der Waals surface area contributed by atoms with Gasteiger partial charge in [0, 0.05) is 13.2 Å². The summed E-state index contributed by atoms with van der Waals surface area (Å²) in [5.41, 5.74) is 0. The molecule has 0 fully saturated rings. The number of hydroxylamine groups is 2. The summed E-state index contributed by atoms with van der Waals surface area (Å²) in [6.07, 6.45) is 3.44. The second kappa shape index (κ2) is 6.24. The highest BCUT2D eigenvalue weighted by Crippen LogP contribution is 2.03. The monoisotopic (exact) mass is 174 g/mol. The minimum Gasteiger partial charge on any atom is -0.272 e. The molecule has 0 unspecified atom stereocenters. The van der Waals surface area contributed by atoms with E-state index in [0.29, 0.717) is 6.61 Å². The van der Waals surface area contributed by atoms with Gasteiger partial charge < -0.3 is 0 Å². The van der Waals surface area contributed by atoms with Gasteiger partial charge >= 0.3 is 0 Å². The van der Waals surface area contributed by atoms with Gasteiger partial charge in [-0.1, -0.05) is 18.3 Å². The molecule has 0 spiro atoms. The molecule has 0 aliphatic carbocycles. The average molecular weight is 174 g/mol. The van der Waals surface area contributed by atoms with Crippen molar-refractivity contribution >= 4 is 16.9 Å². The first kappa shape index (κ1) is 10.5. The van der Waals surface area contributed by atoms with E-state index in [1.54, 1.807) is 5.06 Å². The molecule has 0 aromatic carbocycles. The molecule has 0 amide bonds. The van der Waals surface area contributed by atoms with Gasteiger partial charge in [0.2, 0.25) is 0 Å². The Labute approximate surface area is 72.1 Å². The van der Waals surface area contributed by atoms with Gasteiger partial charge in [-0.15, -0.1) is 0 Å². The van der Waals surface area contributed by atoms with Crippen LogP contribution in [0.4, 0.5) is 0 Å². The van der Waals surface area contributed by atoms with E-state index in [4.69, 9.17) is 4.84 Å². The molecule has 0 heterocycles. The van der Waals surface area contributed by atoms with Gasteiger partial charge in [-0.2, -0.15) is 0 Å². The third-order valence-corrected chi connectivity index (χ3v) is 1.70. The summed E-state index contributed by atoms with van der Waals surface area (Å²) < 4.78 is 0. The van der Waals surface area contributed by atoms with Crippen LogP contribution in [0.3, 0.4) is 0 Å². The van der Waals surface area contributed by atoms with E-state index < -0.39 is 0 Å². The molecule has 0 bridgehead atoms. The first-order chi connectivity index (χ1) is 5.26. The molecule has 0 rings (SSSR count). The molecule has 4 heteroatoms. The Morgan fingerprint density at radius 2 is 2.45 bits per heavy atom. The Kier molecular flexibility index (Phi) is 5.97. The molecular weight excluding hydrogens is 160 g/mol. The molecule has 3 nitrogen and oxygen atoms in total.